The van der Waals surface area contributed by atoms with E-state index in [-0.39, 0.29) is 5.02 Å². The SMILES string of the molecule is CC(C)NCc1cccc(Cl)c1Oc1ccc(F)c(Cl)c1. The largest absolute Gasteiger partial charge is 0.455 e. The van der Waals surface area contributed by atoms with Crippen LogP contribution in [0.1, 0.15) is 19.4 Å². The fourth-order valence-corrected chi connectivity index (χ4v) is 2.18. The van der Waals surface area contributed by atoms with E-state index in [0.29, 0.717) is 29.1 Å². The van der Waals surface area contributed by atoms with E-state index in [0.717, 1.165) is 5.56 Å². The lowest BCUT2D eigenvalue weighted by molar-refractivity contribution is 0.468. The predicted molar refractivity (Wildman–Crippen MR) is 84.9 cm³/mol. The van der Waals surface area contributed by atoms with Crippen molar-refractivity contribution in [2.24, 2.45) is 0 Å². The summed E-state index contributed by atoms with van der Waals surface area (Å²) in [7, 11) is 0. The zero-order chi connectivity index (χ0) is 15.4. The van der Waals surface area contributed by atoms with Crippen molar-refractivity contribution in [3.63, 3.8) is 0 Å². The van der Waals surface area contributed by atoms with Gasteiger partial charge in [0.25, 0.3) is 0 Å². The lowest BCUT2D eigenvalue weighted by Crippen LogP contribution is -2.22. The number of hydrogen-bond acceptors (Lipinski definition) is 2. The summed E-state index contributed by atoms with van der Waals surface area (Å²) < 4.78 is 19.0. The smallest absolute Gasteiger partial charge is 0.150 e. The highest BCUT2D eigenvalue weighted by atomic mass is 35.5. The Kier molecular flexibility index (Phi) is 5.45. The van der Waals surface area contributed by atoms with Crippen LogP contribution in [-0.4, -0.2) is 6.04 Å². The van der Waals surface area contributed by atoms with Crippen molar-refractivity contribution in [2.75, 3.05) is 0 Å². The third-order valence-corrected chi connectivity index (χ3v) is 3.45. The number of rotatable bonds is 5. The number of para-hydroxylation sites is 1. The van der Waals surface area contributed by atoms with Crippen molar-refractivity contribution in [3.8, 4) is 11.5 Å². The Hall–Kier alpha value is -1.29. The van der Waals surface area contributed by atoms with Crippen molar-refractivity contribution >= 4 is 23.2 Å². The van der Waals surface area contributed by atoms with Crippen LogP contribution in [0.5, 0.6) is 11.5 Å². The molecule has 0 unspecified atom stereocenters. The van der Waals surface area contributed by atoms with Crippen LogP contribution in [0.15, 0.2) is 36.4 Å². The molecule has 0 spiro atoms. The van der Waals surface area contributed by atoms with Gasteiger partial charge in [0.1, 0.15) is 17.3 Å². The number of ether oxygens (including phenoxy) is 1. The van der Waals surface area contributed by atoms with E-state index in [9.17, 15) is 4.39 Å². The van der Waals surface area contributed by atoms with Crippen LogP contribution in [0, 0.1) is 5.82 Å². The minimum Gasteiger partial charge on any atom is -0.455 e. The maximum Gasteiger partial charge on any atom is 0.150 e. The van der Waals surface area contributed by atoms with E-state index >= 15 is 0 Å². The summed E-state index contributed by atoms with van der Waals surface area (Å²) in [5.74, 6) is 0.514. The molecular formula is C16H16Cl2FNO. The van der Waals surface area contributed by atoms with Crippen LogP contribution < -0.4 is 10.1 Å². The molecule has 0 aliphatic carbocycles. The van der Waals surface area contributed by atoms with Crippen molar-refractivity contribution < 1.29 is 9.13 Å². The lowest BCUT2D eigenvalue weighted by atomic mass is 10.2. The Balaban J connectivity index is 2.27. The monoisotopic (exact) mass is 327 g/mol. The van der Waals surface area contributed by atoms with Crippen molar-refractivity contribution in [3.05, 3.63) is 57.8 Å². The summed E-state index contributed by atoms with van der Waals surface area (Å²) in [6, 6.07) is 10.1. The van der Waals surface area contributed by atoms with Gasteiger partial charge in [0, 0.05) is 24.2 Å². The molecule has 0 atom stereocenters. The Labute approximate surface area is 133 Å². The molecule has 0 saturated heterocycles. The van der Waals surface area contributed by atoms with Crippen LogP contribution in [0.2, 0.25) is 10.0 Å². The summed E-state index contributed by atoms with van der Waals surface area (Å²) in [5, 5.41) is 3.82. The number of benzene rings is 2. The van der Waals surface area contributed by atoms with Gasteiger partial charge in [-0.3, -0.25) is 0 Å². The fourth-order valence-electron chi connectivity index (χ4n) is 1.78. The second-order valence-electron chi connectivity index (χ2n) is 4.94. The van der Waals surface area contributed by atoms with Crippen LogP contribution in [-0.2, 0) is 6.54 Å². The zero-order valence-electron chi connectivity index (χ0n) is 11.8. The molecule has 2 aromatic rings. The maximum absolute atomic E-state index is 13.2. The minimum absolute atomic E-state index is 0.0152. The summed E-state index contributed by atoms with van der Waals surface area (Å²) in [4.78, 5) is 0. The first kappa shape index (κ1) is 16.1. The molecule has 0 aliphatic heterocycles. The number of nitrogens with one attached hydrogen (secondary N) is 1. The van der Waals surface area contributed by atoms with Gasteiger partial charge in [0.15, 0.2) is 0 Å². The van der Waals surface area contributed by atoms with E-state index in [1.165, 1.54) is 18.2 Å². The molecule has 0 bridgehead atoms. The molecule has 0 fully saturated rings. The molecule has 0 amide bonds. The van der Waals surface area contributed by atoms with Crippen molar-refractivity contribution in [1.82, 2.24) is 5.32 Å². The van der Waals surface area contributed by atoms with Gasteiger partial charge in [0.05, 0.1) is 10.0 Å². The molecule has 0 heterocycles. The van der Waals surface area contributed by atoms with E-state index < -0.39 is 5.82 Å². The first-order valence-corrected chi connectivity index (χ1v) is 7.36. The summed E-state index contributed by atoms with van der Waals surface area (Å²) in [5.41, 5.74) is 0.927. The second kappa shape index (κ2) is 7.12. The minimum atomic E-state index is -0.482. The molecular weight excluding hydrogens is 312 g/mol. The standard InChI is InChI=1S/C16H16Cl2FNO/c1-10(2)20-9-11-4-3-5-13(17)16(11)21-12-6-7-15(19)14(18)8-12/h3-8,10,20H,9H2,1-2H3. The lowest BCUT2D eigenvalue weighted by Gasteiger charge is -2.15. The van der Waals surface area contributed by atoms with E-state index in [1.807, 2.05) is 12.1 Å². The number of halogens is 3. The molecule has 0 saturated carbocycles. The molecule has 2 nitrogen and oxygen atoms in total. The van der Waals surface area contributed by atoms with Crippen molar-refractivity contribution in [2.45, 2.75) is 26.4 Å². The Morgan fingerprint density at radius 1 is 1.14 bits per heavy atom. The van der Waals surface area contributed by atoms with Gasteiger partial charge >= 0.3 is 0 Å². The molecule has 112 valence electrons. The average molecular weight is 328 g/mol. The molecule has 5 heteroatoms. The molecule has 1 N–H and O–H groups in total. The van der Waals surface area contributed by atoms with Crippen LogP contribution in [0.4, 0.5) is 4.39 Å². The topological polar surface area (TPSA) is 21.3 Å². The molecule has 2 aromatic carbocycles. The predicted octanol–water partition coefficient (Wildman–Crippen LogP) is 5.42. The fraction of sp³-hybridized carbons (Fsp3) is 0.250. The van der Waals surface area contributed by atoms with Crippen LogP contribution in [0.25, 0.3) is 0 Å². The van der Waals surface area contributed by atoms with Gasteiger partial charge in [-0.15, -0.1) is 0 Å². The third-order valence-electron chi connectivity index (χ3n) is 2.86. The molecule has 2 rings (SSSR count). The Morgan fingerprint density at radius 2 is 1.90 bits per heavy atom. The van der Waals surface area contributed by atoms with E-state index in [1.54, 1.807) is 6.07 Å². The molecule has 0 aliphatic rings. The molecule has 21 heavy (non-hydrogen) atoms. The van der Waals surface area contributed by atoms with Crippen LogP contribution >= 0.6 is 23.2 Å². The second-order valence-corrected chi connectivity index (χ2v) is 5.76. The van der Waals surface area contributed by atoms with Gasteiger partial charge in [-0.05, 0) is 18.2 Å². The van der Waals surface area contributed by atoms with E-state index in [2.05, 4.69) is 19.2 Å². The third kappa shape index (κ3) is 4.34. The normalized spacial score (nSPS) is 11.0. The highest BCUT2D eigenvalue weighted by molar-refractivity contribution is 6.32. The maximum atomic E-state index is 13.2. The first-order valence-electron chi connectivity index (χ1n) is 6.61. The quantitative estimate of drug-likeness (QED) is 0.791. The number of hydrogen-bond donors (Lipinski definition) is 1. The van der Waals surface area contributed by atoms with Gasteiger partial charge in [-0.25, -0.2) is 4.39 Å². The Morgan fingerprint density at radius 3 is 2.57 bits per heavy atom. The first-order chi connectivity index (χ1) is 9.97. The van der Waals surface area contributed by atoms with Gasteiger partial charge < -0.3 is 10.1 Å². The van der Waals surface area contributed by atoms with Crippen LogP contribution in [0.3, 0.4) is 0 Å². The summed E-state index contributed by atoms with van der Waals surface area (Å²) >= 11 is 12.0. The van der Waals surface area contributed by atoms with E-state index in [4.69, 9.17) is 27.9 Å². The highest BCUT2D eigenvalue weighted by Gasteiger charge is 2.11. The van der Waals surface area contributed by atoms with Gasteiger partial charge in [0.2, 0.25) is 0 Å². The molecule has 0 radical (unpaired) electrons. The highest BCUT2D eigenvalue weighted by Crippen LogP contribution is 2.34. The molecule has 0 aromatic heterocycles. The Bertz CT molecular complexity index is 632. The van der Waals surface area contributed by atoms with Crippen molar-refractivity contribution in [1.29, 1.82) is 0 Å². The average Bonchev–Trinajstić information content (AvgIpc) is 2.43. The van der Waals surface area contributed by atoms with Gasteiger partial charge in [-0.1, -0.05) is 49.2 Å². The summed E-state index contributed by atoms with van der Waals surface area (Å²) in [6.45, 7) is 4.75. The summed E-state index contributed by atoms with van der Waals surface area (Å²) in [6.07, 6.45) is 0. The van der Waals surface area contributed by atoms with Gasteiger partial charge in [-0.2, -0.15) is 0 Å². The zero-order valence-corrected chi connectivity index (χ0v) is 13.3.